The van der Waals surface area contributed by atoms with Crippen LogP contribution in [-0.4, -0.2) is 37.2 Å². The van der Waals surface area contributed by atoms with Crippen LogP contribution in [0.25, 0.3) is 0 Å². The summed E-state index contributed by atoms with van der Waals surface area (Å²) < 4.78 is 27.4. The van der Waals surface area contributed by atoms with Crippen molar-refractivity contribution in [3.63, 3.8) is 0 Å². The van der Waals surface area contributed by atoms with Crippen molar-refractivity contribution in [2.24, 2.45) is 0 Å². The highest BCUT2D eigenvalue weighted by molar-refractivity contribution is 7.95. The Morgan fingerprint density at radius 3 is 1.14 bits per heavy atom. The molecule has 5 heteroatoms. The van der Waals surface area contributed by atoms with Gasteiger partial charge in [0.15, 0.2) is 0 Å². The Kier molecular flexibility index (Phi) is 11.6. The Labute approximate surface area is 297 Å². The molecule has 0 bridgehead atoms. The largest absolute Gasteiger partial charge is 0.374 e. The predicted octanol–water partition coefficient (Wildman–Crippen LogP) is 8.14. The lowest BCUT2D eigenvalue weighted by Gasteiger charge is -2.32. The van der Waals surface area contributed by atoms with Gasteiger partial charge in [-0.1, -0.05) is 146 Å². The third-order valence-electron chi connectivity index (χ3n) is 9.42. The average molecular weight is 680 g/mol. The molecule has 4 atom stereocenters. The lowest BCUT2D eigenvalue weighted by Crippen LogP contribution is -2.43. The molecule has 0 radical (unpaired) electrons. The maximum absolute atomic E-state index is 7.17. The first-order chi connectivity index (χ1) is 24.8. The van der Waals surface area contributed by atoms with Gasteiger partial charge >= 0.3 is 0 Å². The van der Waals surface area contributed by atoms with Gasteiger partial charge in [0.1, 0.15) is 53.8 Å². The van der Waals surface area contributed by atoms with Gasteiger partial charge in [-0.05, 0) is 53.1 Å². The highest BCUT2D eigenvalue weighted by Crippen LogP contribution is 2.57. The summed E-state index contributed by atoms with van der Waals surface area (Å²) in [6, 6.07) is 63.9. The predicted molar refractivity (Wildman–Crippen MR) is 205 cm³/mol. The van der Waals surface area contributed by atoms with E-state index in [9.17, 15) is 0 Å². The summed E-state index contributed by atoms with van der Waals surface area (Å²) in [5.41, 5.74) is 3.36. The molecule has 0 saturated carbocycles. The zero-order valence-corrected chi connectivity index (χ0v) is 29.1. The summed E-state index contributed by atoms with van der Waals surface area (Å²) in [6.07, 6.45) is -0.509. The SMILES string of the molecule is c1ccc(COC[C@H]2O[C@H](C[P+](c3ccccc3)(c3ccccc3)c3ccccc3)[C@@H](OCc3ccccc3)[C@@H]2OCc2ccccc2)cc1. The van der Waals surface area contributed by atoms with Gasteiger partial charge in [0.2, 0.25) is 0 Å². The molecule has 0 aliphatic carbocycles. The van der Waals surface area contributed by atoms with E-state index in [1.54, 1.807) is 0 Å². The summed E-state index contributed by atoms with van der Waals surface area (Å²) in [5, 5.41) is 3.94. The first-order valence-corrected chi connectivity index (χ1v) is 19.4. The molecule has 1 fully saturated rings. The quantitative estimate of drug-likeness (QED) is 0.103. The zero-order chi connectivity index (χ0) is 33.9. The van der Waals surface area contributed by atoms with E-state index in [2.05, 4.69) is 152 Å². The van der Waals surface area contributed by atoms with Crippen molar-refractivity contribution < 1.29 is 18.9 Å². The fraction of sp³-hybridized carbons (Fsp3) is 0.200. The van der Waals surface area contributed by atoms with Gasteiger partial charge < -0.3 is 18.9 Å². The van der Waals surface area contributed by atoms with Crippen molar-refractivity contribution in [2.75, 3.05) is 12.8 Å². The highest BCUT2D eigenvalue weighted by Gasteiger charge is 2.55. The summed E-state index contributed by atoms with van der Waals surface area (Å²) in [6.45, 7) is 1.81. The first-order valence-electron chi connectivity index (χ1n) is 17.4. The van der Waals surface area contributed by atoms with Crippen LogP contribution >= 0.6 is 7.26 Å². The van der Waals surface area contributed by atoms with E-state index >= 15 is 0 Å². The van der Waals surface area contributed by atoms with Crippen LogP contribution in [0.4, 0.5) is 0 Å². The maximum atomic E-state index is 7.17. The minimum atomic E-state index is -2.24. The number of rotatable bonds is 15. The highest BCUT2D eigenvalue weighted by atomic mass is 31.2. The summed E-state index contributed by atoms with van der Waals surface area (Å²) in [5.74, 6) is 0. The second-order valence-electron chi connectivity index (χ2n) is 12.7. The van der Waals surface area contributed by atoms with Crippen molar-refractivity contribution in [1.29, 1.82) is 0 Å². The lowest BCUT2D eigenvalue weighted by molar-refractivity contribution is -0.0897. The summed E-state index contributed by atoms with van der Waals surface area (Å²) >= 11 is 0. The summed E-state index contributed by atoms with van der Waals surface area (Å²) in [4.78, 5) is 0. The molecule has 0 unspecified atom stereocenters. The van der Waals surface area contributed by atoms with E-state index in [0.717, 1.165) is 22.9 Å². The third kappa shape index (κ3) is 8.13. The minimum absolute atomic E-state index is 0.265. The van der Waals surface area contributed by atoms with Crippen LogP contribution in [0.2, 0.25) is 0 Å². The third-order valence-corrected chi connectivity index (χ3v) is 13.9. The normalized spacial score (nSPS) is 19.0. The first kappa shape index (κ1) is 34.1. The van der Waals surface area contributed by atoms with E-state index < -0.39 is 7.26 Å². The second-order valence-corrected chi connectivity index (χ2v) is 16.3. The van der Waals surface area contributed by atoms with E-state index in [1.165, 1.54) is 15.9 Å². The monoisotopic (exact) mass is 679 g/mol. The van der Waals surface area contributed by atoms with Gasteiger partial charge in [0.25, 0.3) is 0 Å². The Bertz CT molecular complexity index is 1740. The van der Waals surface area contributed by atoms with Crippen molar-refractivity contribution in [3.8, 4) is 0 Å². The topological polar surface area (TPSA) is 36.9 Å². The van der Waals surface area contributed by atoms with Crippen LogP contribution in [0.3, 0.4) is 0 Å². The molecule has 6 aromatic carbocycles. The molecule has 0 spiro atoms. The van der Waals surface area contributed by atoms with Crippen LogP contribution in [0.15, 0.2) is 182 Å². The minimum Gasteiger partial charge on any atom is -0.374 e. The van der Waals surface area contributed by atoms with Crippen molar-refractivity contribution in [1.82, 2.24) is 0 Å². The Balaban J connectivity index is 1.28. The number of hydrogen-bond acceptors (Lipinski definition) is 4. The molecule has 252 valence electrons. The second kappa shape index (κ2) is 17.0. The number of benzene rings is 6. The van der Waals surface area contributed by atoms with E-state index in [-0.39, 0.29) is 24.4 Å². The van der Waals surface area contributed by atoms with Crippen LogP contribution in [0.5, 0.6) is 0 Å². The molecule has 50 heavy (non-hydrogen) atoms. The Hall–Kier alpha value is -4.41. The maximum Gasteiger partial charge on any atom is 0.121 e. The molecule has 0 aromatic heterocycles. The molecule has 4 nitrogen and oxygen atoms in total. The lowest BCUT2D eigenvalue weighted by atomic mass is 10.1. The smallest absolute Gasteiger partial charge is 0.121 e. The van der Waals surface area contributed by atoms with Gasteiger partial charge in [-0.2, -0.15) is 0 Å². The molecule has 0 N–H and O–H groups in total. The molecule has 1 aliphatic heterocycles. The van der Waals surface area contributed by atoms with Gasteiger partial charge in [-0.3, -0.25) is 0 Å². The number of ether oxygens (including phenoxy) is 4. The fourth-order valence-electron chi connectivity index (χ4n) is 6.97. The zero-order valence-electron chi connectivity index (χ0n) is 28.2. The van der Waals surface area contributed by atoms with Gasteiger partial charge in [-0.15, -0.1) is 0 Å². The van der Waals surface area contributed by atoms with Crippen molar-refractivity contribution in [3.05, 3.63) is 199 Å². The van der Waals surface area contributed by atoms with Crippen molar-refractivity contribution >= 4 is 23.2 Å². The molecular formula is C45H44O4P+. The Morgan fingerprint density at radius 2 is 0.740 bits per heavy atom. The molecule has 1 saturated heterocycles. The van der Waals surface area contributed by atoms with Crippen molar-refractivity contribution in [2.45, 2.75) is 44.2 Å². The Morgan fingerprint density at radius 1 is 0.400 bits per heavy atom. The number of hydrogen-bond donors (Lipinski definition) is 0. The van der Waals surface area contributed by atoms with Gasteiger partial charge in [0.05, 0.1) is 26.4 Å². The molecule has 1 aliphatic rings. The molecule has 1 heterocycles. The molecule has 6 aromatic rings. The molecular weight excluding hydrogens is 635 g/mol. The van der Waals surface area contributed by atoms with E-state index in [1.807, 2.05) is 30.3 Å². The fourth-order valence-corrected chi connectivity index (χ4v) is 11.4. The van der Waals surface area contributed by atoms with Gasteiger partial charge in [-0.25, -0.2) is 0 Å². The van der Waals surface area contributed by atoms with E-state index in [4.69, 9.17) is 18.9 Å². The summed E-state index contributed by atoms with van der Waals surface area (Å²) in [7, 11) is -2.24. The molecule has 0 amide bonds. The van der Waals surface area contributed by atoms with E-state index in [0.29, 0.717) is 26.4 Å². The van der Waals surface area contributed by atoms with Crippen LogP contribution in [0.1, 0.15) is 16.7 Å². The average Bonchev–Trinajstić information content (AvgIpc) is 3.52. The van der Waals surface area contributed by atoms with Crippen LogP contribution in [0, 0.1) is 0 Å². The standard InChI is InChI=1S/C45H44O4P/c1-7-19-36(20-8-1)31-46-34-42-44(47-32-37-21-9-2-10-22-37)45(48-33-38-23-11-3-12-24-38)43(49-42)35-50(39-25-13-4-14-26-39,40-27-15-5-16-28-40)41-29-17-6-18-30-41/h1-30,42-45H,31-35H2/q+1/t42-,43-,44-,45-/m1/s1. The molecule has 7 rings (SSSR count). The van der Waals surface area contributed by atoms with Gasteiger partial charge in [0, 0.05) is 0 Å². The van der Waals surface area contributed by atoms with Crippen LogP contribution in [-0.2, 0) is 38.8 Å². The van der Waals surface area contributed by atoms with Crippen LogP contribution < -0.4 is 15.9 Å².